The topological polar surface area (TPSA) is 118 Å². The Bertz CT molecular complexity index is 1560. The third-order valence-electron chi connectivity index (χ3n) is 7.65. The van der Waals surface area contributed by atoms with E-state index >= 15 is 0 Å². The normalized spacial score (nSPS) is 20.2. The van der Waals surface area contributed by atoms with Gasteiger partial charge in [0, 0.05) is 32.2 Å². The van der Waals surface area contributed by atoms with Crippen LogP contribution in [0.15, 0.2) is 34.7 Å². The Hall–Kier alpha value is -3.06. The van der Waals surface area contributed by atoms with E-state index in [0.717, 1.165) is 25.9 Å². The van der Waals surface area contributed by atoms with Gasteiger partial charge in [0.25, 0.3) is 5.91 Å². The van der Waals surface area contributed by atoms with Crippen molar-refractivity contribution in [3.8, 4) is 11.3 Å². The Morgan fingerprint density at radius 2 is 1.88 bits per heavy atom. The summed E-state index contributed by atoms with van der Waals surface area (Å²) in [6, 6.07) is 7.41. The number of halogens is 1. The lowest BCUT2D eigenvalue weighted by Crippen LogP contribution is -2.43. The Labute approximate surface area is 246 Å². The lowest BCUT2D eigenvalue weighted by molar-refractivity contribution is -0.0579. The molecule has 2 aromatic heterocycles. The van der Waals surface area contributed by atoms with Crippen molar-refractivity contribution in [2.45, 2.75) is 65.1 Å². The van der Waals surface area contributed by atoms with E-state index in [1.54, 1.807) is 6.07 Å². The number of nitrogens with zero attached hydrogens (tertiary/aromatic N) is 3. The molecule has 0 spiro atoms. The number of sulfonamides is 1. The van der Waals surface area contributed by atoms with Crippen molar-refractivity contribution in [2.24, 2.45) is 5.92 Å². The number of epoxide rings is 1. The average Bonchev–Trinajstić information content (AvgIpc) is 3.58. The summed E-state index contributed by atoms with van der Waals surface area (Å²) in [6.07, 6.45) is 2.98. The number of aromatic nitrogens is 1. The zero-order valence-corrected chi connectivity index (χ0v) is 25.8. The van der Waals surface area contributed by atoms with Gasteiger partial charge in [-0.05, 0) is 81.8 Å². The van der Waals surface area contributed by atoms with Crippen LogP contribution in [0, 0.1) is 11.7 Å². The molecule has 5 rings (SSSR count). The fraction of sp³-hybridized carbons (Fsp3) is 0.533. The summed E-state index contributed by atoms with van der Waals surface area (Å²) in [5, 5.41) is 3.10. The predicted molar refractivity (Wildman–Crippen MR) is 158 cm³/mol. The molecule has 2 saturated heterocycles. The zero-order chi connectivity index (χ0) is 30.4. The maximum Gasteiger partial charge on any atom is 0.255 e. The second kappa shape index (κ2) is 11.6. The minimum Gasteiger partial charge on any atom is -0.437 e. The van der Waals surface area contributed by atoms with Crippen molar-refractivity contribution in [2.75, 3.05) is 37.2 Å². The third-order valence-corrected chi connectivity index (χ3v) is 8.77. The minimum atomic E-state index is -3.70. The SMILES string of the molecule is CCc1cc2c(C(=O)NC)c(-c3ccc(F)cc3)oc2nc1N(CC1CCN(C2OC2OC(C)(C)C)CC1)S(C)(=O)=O. The van der Waals surface area contributed by atoms with Crippen LogP contribution in [0.3, 0.4) is 0 Å². The number of hydrogen-bond acceptors (Lipinski definition) is 8. The maximum atomic E-state index is 13.6. The summed E-state index contributed by atoms with van der Waals surface area (Å²) in [4.78, 5) is 19.9. The molecule has 228 valence electrons. The molecule has 42 heavy (non-hydrogen) atoms. The van der Waals surface area contributed by atoms with Crippen molar-refractivity contribution in [1.29, 1.82) is 0 Å². The number of anilines is 1. The molecule has 2 atom stereocenters. The number of nitrogens with one attached hydrogen (secondary N) is 1. The van der Waals surface area contributed by atoms with E-state index in [-0.39, 0.29) is 53.5 Å². The van der Waals surface area contributed by atoms with Crippen LogP contribution in [0.4, 0.5) is 10.2 Å². The van der Waals surface area contributed by atoms with Gasteiger partial charge in [-0.1, -0.05) is 6.92 Å². The molecule has 0 aliphatic carbocycles. The number of ether oxygens (including phenoxy) is 2. The molecule has 1 amide bonds. The number of pyridine rings is 1. The van der Waals surface area contributed by atoms with Crippen LogP contribution in [0.25, 0.3) is 22.4 Å². The fourth-order valence-electron chi connectivity index (χ4n) is 5.47. The van der Waals surface area contributed by atoms with Crippen molar-refractivity contribution < 1.29 is 31.5 Å². The molecule has 2 fully saturated rings. The third kappa shape index (κ3) is 6.46. The molecule has 4 heterocycles. The van der Waals surface area contributed by atoms with Gasteiger partial charge in [-0.3, -0.25) is 14.0 Å². The number of hydrogen-bond donors (Lipinski definition) is 1. The highest BCUT2D eigenvalue weighted by Crippen LogP contribution is 2.38. The molecule has 1 N–H and O–H groups in total. The smallest absolute Gasteiger partial charge is 0.255 e. The first-order chi connectivity index (χ1) is 19.8. The molecule has 3 aromatic rings. The second-order valence-corrected chi connectivity index (χ2v) is 13.9. The predicted octanol–water partition coefficient (Wildman–Crippen LogP) is 4.53. The van der Waals surface area contributed by atoms with Crippen molar-refractivity contribution in [3.05, 3.63) is 47.3 Å². The van der Waals surface area contributed by atoms with Crippen molar-refractivity contribution in [3.63, 3.8) is 0 Å². The van der Waals surface area contributed by atoms with E-state index in [0.29, 0.717) is 28.8 Å². The van der Waals surface area contributed by atoms with Gasteiger partial charge in [0.2, 0.25) is 15.7 Å². The first-order valence-electron chi connectivity index (χ1n) is 14.3. The summed E-state index contributed by atoms with van der Waals surface area (Å²) in [6.45, 7) is 9.74. The van der Waals surface area contributed by atoms with Crippen LogP contribution < -0.4 is 9.62 Å². The fourth-order valence-corrected chi connectivity index (χ4v) is 6.43. The molecule has 0 radical (unpaired) electrons. The minimum absolute atomic E-state index is 0.0595. The zero-order valence-electron chi connectivity index (χ0n) is 24.9. The standard InChI is InChI=1S/C30H39FN4O6S/c1-7-19-16-22-23(26(36)32-5)24(20-8-10-21(31)11-9-20)39-27(22)33-25(19)35(42(6,37)38)17-18-12-14-34(15-13-18)28-29(40-28)41-30(2,3)4/h8-11,16,18,28-29H,7,12-15,17H2,1-6H3,(H,32,36). The highest BCUT2D eigenvalue weighted by Gasteiger charge is 2.47. The number of benzene rings is 1. The molecule has 12 heteroatoms. The van der Waals surface area contributed by atoms with Crippen LogP contribution >= 0.6 is 0 Å². The van der Waals surface area contributed by atoms with E-state index in [1.807, 2.05) is 27.7 Å². The number of piperidine rings is 1. The van der Waals surface area contributed by atoms with Crippen molar-refractivity contribution >= 4 is 32.8 Å². The first-order valence-corrected chi connectivity index (χ1v) is 16.1. The van der Waals surface area contributed by atoms with E-state index in [9.17, 15) is 17.6 Å². The van der Waals surface area contributed by atoms with E-state index < -0.39 is 15.8 Å². The summed E-state index contributed by atoms with van der Waals surface area (Å²) in [5.41, 5.74) is 1.31. The van der Waals surface area contributed by atoms with Gasteiger partial charge in [0.05, 0.1) is 22.8 Å². The van der Waals surface area contributed by atoms with Gasteiger partial charge in [0.1, 0.15) is 17.4 Å². The number of carbonyl (C=O) groups is 1. The molecule has 10 nitrogen and oxygen atoms in total. The number of amides is 1. The van der Waals surface area contributed by atoms with Gasteiger partial charge in [0.15, 0.2) is 12.5 Å². The monoisotopic (exact) mass is 602 g/mol. The summed E-state index contributed by atoms with van der Waals surface area (Å²) in [7, 11) is -2.18. The van der Waals surface area contributed by atoms with E-state index in [4.69, 9.17) is 18.9 Å². The summed E-state index contributed by atoms with van der Waals surface area (Å²) in [5.74, 6) is -0.146. The second-order valence-electron chi connectivity index (χ2n) is 12.0. The highest BCUT2D eigenvalue weighted by molar-refractivity contribution is 7.92. The van der Waals surface area contributed by atoms with Crippen molar-refractivity contribution in [1.82, 2.24) is 15.2 Å². The van der Waals surface area contributed by atoms with Gasteiger partial charge in [-0.2, -0.15) is 4.98 Å². The number of aryl methyl sites for hydroxylation is 1. The van der Waals surface area contributed by atoms with Crippen LogP contribution in [0.2, 0.25) is 0 Å². The lowest BCUT2D eigenvalue weighted by Gasteiger charge is -2.34. The number of fused-ring (bicyclic) bond motifs is 1. The molecule has 2 aliphatic heterocycles. The van der Waals surface area contributed by atoms with Gasteiger partial charge in [-0.15, -0.1) is 0 Å². The molecule has 0 saturated carbocycles. The number of carbonyl (C=O) groups excluding carboxylic acids is 1. The molecular formula is C30H39FN4O6S. The van der Waals surface area contributed by atoms with Crippen LogP contribution in [0.5, 0.6) is 0 Å². The highest BCUT2D eigenvalue weighted by atomic mass is 32.2. The number of furan rings is 1. The van der Waals surface area contributed by atoms with Crippen LogP contribution in [0.1, 0.15) is 56.5 Å². The molecule has 0 bridgehead atoms. The Morgan fingerprint density at radius 3 is 2.45 bits per heavy atom. The Kier molecular flexibility index (Phi) is 8.36. The number of rotatable bonds is 9. The largest absolute Gasteiger partial charge is 0.437 e. The quantitative estimate of drug-likeness (QED) is 0.355. The average molecular weight is 603 g/mol. The molecule has 2 aliphatic rings. The summed E-state index contributed by atoms with van der Waals surface area (Å²) < 4.78 is 59.1. The lowest BCUT2D eigenvalue weighted by atomic mass is 9.96. The van der Waals surface area contributed by atoms with Gasteiger partial charge in [-0.25, -0.2) is 12.8 Å². The van der Waals surface area contributed by atoms with Crippen LogP contribution in [-0.2, 0) is 25.9 Å². The first kappa shape index (κ1) is 30.4. The van der Waals surface area contributed by atoms with Gasteiger partial charge < -0.3 is 19.2 Å². The molecule has 1 aromatic carbocycles. The van der Waals surface area contributed by atoms with Gasteiger partial charge >= 0.3 is 0 Å². The maximum absolute atomic E-state index is 13.6. The molecule has 2 unspecified atom stereocenters. The van der Waals surface area contributed by atoms with E-state index in [2.05, 4.69) is 10.2 Å². The molecular weight excluding hydrogens is 563 g/mol. The summed E-state index contributed by atoms with van der Waals surface area (Å²) >= 11 is 0. The Balaban J connectivity index is 1.43. The van der Waals surface area contributed by atoms with E-state index in [1.165, 1.54) is 41.9 Å². The number of likely N-dealkylation sites (tertiary alicyclic amines) is 1. The Morgan fingerprint density at radius 1 is 1.21 bits per heavy atom. The van der Waals surface area contributed by atoms with Crippen LogP contribution in [-0.4, -0.2) is 75.3 Å².